The summed E-state index contributed by atoms with van der Waals surface area (Å²) in [5, 5.41) is 12.4. The van der Waals surface area contributed by atoms with Crippen LogP contribution in [0.1, 0.15) is 38.3 Å². The third-order valence-electron chi connectivity index (χ3n) is 2.60. The molecule has 1 rings (SSSR count). The molecule has 16 heavy (non-hydrogen) atoms. The lowest BCUT2D eigenvalue weighted by Crippen LogP contribution is -2.20. The molecule has 2 nitrogen and oxygen atoms in total. The summed E-state index contributed by atoms with van der Waals surface area (Å²) in [6.45, 7) is 4.63. The molecule has 0 saturated carbocycles. The van der Waals surface area contributed by atoms with E-state index >= 15 is 0 Å². The van der Waals surface area contributed by atoms with E-state index in [4.69, 9.17) is 5.11 Å². The topological polar surface area (TPSA) is 32.3 Å². The number of aliphatic hydroxyl groups is 1. The summed E-state index contributed by atoms with van der Waals surface area (Å²) in [5.41, 5.74) is 0.956. The molecule has 0 aliphatic rings. The van der Waals surface area contributed by atoms with Crippen LogP contribution >= 0.6 is 0 Å². The molecule has 0 aliphatic heterocycles. The Labute approximate surface area is 96.5 Å². The highest BCUT2D eigenvalue weighted by atomic mass is 19.1. The molecule has 0 radical (unpaired) electrons. The van der Waals surface area contributed by atoms with Crippen LogP contribution in [0, 0.1) is 5.82 Å². The van der Waals surface area contributed by atoms with Gasteiger partial charge < -0.3 is 10.4 Å². The van der Waals surface area contributed by atoms with E-state index in [-0.39, 0.29) is 18.0 Å². The highest BCUT2D eigenvalue weighted by molar-refractivity contribution is 5.19. The minimum Gasteiger partial charge on any atom is -0.393 e. The van der Waals surface area contributed by atoms with Crippen LogP contribution in [0.15, 0.2) is 24.3 Å². The number of halogens is 1. The van der Waals surface area contributed by atoms with Gasteiger partial charge in [0.05, 0.1) is 6.10 Å². The Bertz CT molecular complexity index is 315. The molecule has 0 heterocycles. The molecular weight excluding hydrogens is 205 g/mol. The number of rotatable bonds is 6. The van der Waals surface area contributed by atoms with Crippen LogP contribution in [-0.4, -0.2) is 17.8 Å². The fourth-order valence-corrected chi connectivity index (χ4v) is 1.61. The Hall–Kier alpha value is -0.930. The Morgan fingerprint density at radius 3 is 2.75 bits per heavy atom. The van der Waals surface area contributed by atoms with Gasteiger partial charge in [-0.15, -0.1) is 0 Å². The van der Waals surface area contributed by atoms with Gasteiger partial charge in [0.2, 0.25) is 0 Å². The quantitative estimate of drug-likeness (QED) is 0.729. The van der Waals surface area contributed by atoms with Gasteiger partial charge in [-0.05, 0) is 50.9 Å². The summed E-state index contributed by atoms with van der Waals surface area (Å²) in [6.07, 6.45) is 1.48. The third-order valence-corrected chi connectivity index (χ3v) is 2.60. The average Bonchev–Trinajstić information content (AvgIpc) is 2.24. The molecule has 0 bridgehead atoms. The van der Waals surface area contributed by atoms with Crippen LogP contribution in [0.5, 0.6) is 0 Å². The first-order valence-corrected chi connectivity index (χ1v) is 5.76. The average molecular weight is 225 g/mol. The maximum atomic E-state index is 13.0. The van der Waals surface area contributed by atoms with Crippen LogP contribution < -0.4 is 5.32 Å². The number of hydrogen-bond acceptors (Lipinski definition) is 2. The van der Waals surface area contributed by atoms with Crippen molar-refractivity contribution >= 4 is 0 Å². The van der Waals surface area contributed by atoms with Crippen molar-refractivity contribution < 1.29 is 9.50 Å². The predicted molar refractivity (Wildman–Crippen MR) is 63.7 cm³/mol. The van der Waals surface area contributed by atoms with Crippen molar-refractivity contribution in [3.05, 3.63) is 35.6 Å². The van der Waals surface area contributed by atoms with Crippen LogP contribution in [0.25, 0.3) is 0 Å². The van der Waals surface area contributed by atoms with E-state index < -0.39 is 0 Å². The highest BCUT2D eigenvalue weighted by Crippen LogP contribution is 2.13. The first-order chi connectivity index (χ1) is 7.59. The molecule has 0 saturated heterocycles. The minimum absolute atomic E-state index is 0.143. The van der Waals surface area contributed by atoms with Crippen molar-refractivity contribution in [2.75, 3.05) is 6.54 Å². The summed E-state index contributed by atoms with van der Waals surface area (Å²) in [6, 6.07) is 6.77. The second kappa shape index (κ2) is 6.61. The first kappa shape index (κ1) is 13.1. The first-order valence-electron chi connectivity index (χ1n) is 5.76. The van der Waals surface area contributed by atoms with Crippen LogP contribution in [0.4, 0.5) is 4.39 Å². The molecule has 3 heteroatoms. The van der Waals surface area contributed by atoms with Gasteiger partial charge in [-0.25, -0.2) is 4.39 Å². The van der Waals surface area contributed by atoms with Gasteiger partial charge in [-0.1, -0.05) is 12.1 Å². The Morgan fingerprint density at radius 2 is 2.12 bits per heavy atom. The molecule has 0 aromatic heterocycles. The molecule has 2 N–H and O–H groups in total. The van der Waals surface area contributed by atoms with Gasteiger partial charge in [-0.2, -0.15) is 0 Å². The maximum absolute atomic E-state index is 13.0. The Balaban J connectivity index is 2.32. The second-order valence-electron chi connectivity index (χ2n) is 4.22. The molecule has 1 aromatic carbocycles. The van der Waals surface area contributed by atoms with Crippen molar-refractivity contribution in [3.8, 4) is 0 Å². The molecule has 2 atom stereocenters. The van der Waals surface area contributed by atoms with E-state index in [0.29, 0.717) is 0 Å². The molecule has 2 unspecified atom stereocenters. The van der Waals surface area contributed by atoms with Crippen molar-refractivity contribution in [2.45, 2.75) is 38.8 Å². The minimum atomic E-state index is -0.244. The van der Waals surface area contributed by atoms with Gasteiger partial charge in [0.15, 0.2) is 0 Å². The lowest BCUT2D eigenvalue weighted by molar-refractivity contribution is 0.181. The van der Waals surface area contributed by atoms with E-state index in [9.17, 15) is 4.39 Å². The van der Waals surface area contributed by atoms with Gasteiger partial charge in [0.25, 0.3) is 0 Å². The summed E-state index contributed by atoms with van der Waals surface area (Å²) in [4.78, 5) is 0. The van der Waals surface area contributed by atoms with Crippen molar-refractivity contribution in [1.29, 1.82) is 0 Å². The molecule has 0 aliphatic carbocycles. The third kappa shape index (κ3) is 4.73. The highest BCUT2D eigenvalue weighted by Gasteiger charge is 2.05. The smallest absolute Gasteiger partial charge is 0.123 e. The fourth-order valence-electron chi connectivity index (χ4n) is 1.61. The monoisotopic (exact) mass is 225 g/mol. The summed E-state index contributed by atoms with van der Waals surface area (Å²) in [7, 11) is 0. The lowest BCUT2D eigenvalue weighted by atomic mass is 10.1. The fraction of sp³-hybridized carbons (Fsp3) is 0.538. The second-order valence-corrected chi connectivity index (χ2v) is 4.22. The van der Waals surface area contributed by atoms with E-state index in [1.54, 1.807) is 19.1 Å². The number of nitrogens with one attached hydrogen (secondary N) is 1. The van der Waals surface area contributed by atoms with Crippen LogP contribution in [0.2, 0.25) is 0 Å². The molecule has 0 spiro atoms. The number of aliphatic hydroxyl groups excluding tert-OH is 1. The molecule has 90 valence electrons. The summed E-state index contributed by atoms with van der Waals surface area (Å²) in [5.74, 6) is -0.199. The van der Waals surface area contributed by atoms with E-state index in [1.165, 1.54) is 6.07 Å². The zero-order valence-corrected chi connectivity index (χ0v) is 9.91. The zero-order valence-electron chi connectivity index (χ0n) is 9.91. The van der Waals surface area contributed by atoms with E-state index in [1.807, 2.05) is 13.0 Å². The summed E-state index contributed by atoms with van der Waals surface area (Å²) >= 11 is 0. The van der Waals surface area contributed by atoms with Crippen LogP contribution in [-0.2, 0) is 0 Å². The molecular formula is C13H20FNO. The van der Waals surface area contributed by atoms with Crippen molar-refractivity contribution in [3.63, 3.8) is 0 Å². The summed E-state index contributed by atoms with van der Waals surface area (Å²) < 4.78 is 13.0. The van der Waals surface area contributed by atoms with Crippen molar-refractivity contribution in [1.82, 2.24) is 5.32 Å². The standard InChI is InChI=1S/C13H20FNO/c1-10(16)5-4-8-15-11(2)12-6-3-7-13(14)9-12/h3,6-7,9-11,15-16H,4-5,8H2,1-2H3. The van der Waals surface area contributed by atoms with Crippen LogP contribution in [0.3, 0.4) is 0 Å². The van der Waals surface area contributed by atoms with Gasteiger partial charge in [0.1, 0.15) is 5.82 Å². The number of hydrogen-bond donors (Lipinski definition) is 2. The predicted octanol–water partition coefficient (Wildman–Crippen LogP) is 2.64. The lowest BCUT2D eigenvalue weighted by Gasteiger charge is -2.14. The molecule has 1 aromatic rings. The van der Waals surface area contributed by atoms with E-state index in [0.717, 1.165) is 24.9 Å². The Kier molecular flexibility index (Phi) is 5.43. The zero-order chi connectivity index (χ0) is 12.0. The van der Waals surface area contributed by atoms with Gasteiger partial charge >= 0.3 is 0 Å². The molecule has 0 amide bonds. The van der Waals surface area contributed by atoms with Gasteiger partial charge in [0, 0.05) is 6.04 Å². The van der Waals surface area contributed by atoms with E-state index in [2.05, 4.69) is 5.32 Å². The normalized spacial score (nSPS) is 14.8. The SMILES string of the molecule is CC(O)CCCNC(C)c1cccc(F)c1. The maximum Gasteiger partial charge on any atom is 0.123 e. The molecule has 0 fully saturated rings. The van der Waals surface area contributed by atoms with Gasteiger partial charge in [-0.3, -0.25) is 0 Å². The largest absolute Gasteiger partial charge is 0.393 e. The van der Waals surface area contributed by atoms with Crippen molar-refractivity contribution in [2.24, 2.45) is 0 Å². The number of benzene rings is 1. The Morgan fingerprint density at radius 1 is 1.38 bits per heavy atom.